The van der Waals surface area contributed by atoms with E-state index in [-0.39, 0.29) is 44.8 Å². The van der Waals surface area contributed by atoms with Crippen LogP contribution in [0.25, 0.3) is 0 Å². The predicted octanol–water partition coefficient (Wildman–Crippen LogP) is 13.4. The minimum absolute atomic E-state index is 0.0299. The molecule has 4 aromatic carbocycles. The van der Waals surface area contributed by atoms with Crippen molar-refractivity contribution in [3.8, 4) is 23.0 Å². The molecule has 0 saturated heterocycles. The van der Waals surface area contributed by atoms with E-state index in [4.69, 9.17) is 18.9 Å². The second-order valence-electron chi connectivity index (χ2n) is 27.1. The zero-order valence-corrected chi connectivity index (χ0v) is 54.7. The Kier molecular flexibility index (Phi) is 23.5. The van der Waals surface area contributed by atoms with E-state index in [1.54, 1.807) is 52.0 Å². The zero-order chi connectivity index (χ0) is 62.5. The molecular formula is C72H100N4O8. The Morgan fingerprint density at radius 2 is 0.476 bits per heavy atom. The van der Waals surface area contributed by atoms with Crippen molar-refractivity contribution < 1.29 is 38.1 Å². The second-order valence-corrected chi connectivity index (χ2v) is 27.1. The van der Waals surface area contributed by atoms with Crippen molar-refractivity contribution in [2.24, 2.45) is 0 Å². The summed E-state index contributed by atoms with van der Waals surface area (Å²) in [6.45, 7) is 43.9. The van der Waals surface area contributed by atoms with E-state index in [2.05, 4.69) is 153 Å². The van der Waals surface area contributed by atoms with E-state index in [1.165, 1.54) is 0 Å². The van der Waals surface area contributed by atoms with Crippen LogP contribution < -0.4 is 40.2 Å². The Morgan fingerprint density at radius 3 is 0.607 bits per heavy atom. The smallest absolute Gasteiger partial charge is 0.154 e. The standard InChI is InChI=1S/C72H100N4O8/c1-45(29-49(5)77)73-21-25-81-65-53-33-55-39-62(70(12,13)14)41-57(66(55)82-26-22-74-46(2)30-50(6)78)35-59-43-64(72(18,19)20)44-60(68(59)84-28-24-76-48(4)32-52(8)80)36-58-42-63(71(15,16)17)40-56(34-54(65)38-61(37-53)69(9,10)11)67(58)83-27-23-75-47(3)31-51(7)79/h29-32,37-44,73-76H,21-28,33-36H2,1-20H3/b45-29-,46-30-,47-31-,48-32+. The number of carbonyl (C=O) groups excluding carboxylic acids is 4. The lowest BCUT2D eigenvalue weighted by Crippen LogP contribution is -2.23. The summed E-state index contributed by atoms with van der Waals surface area (Å²) in [4.78, 5) is 48.4. The van der Waals surface area contributed by atoms with Crippen LogP contribution in [-0.2, 0) is 66.5 Å². The molecule has 0 aromatic heterocycles. The van der Waals surface area contributed by atoms with Crippen molar-refractivity contribution in [2.45, 2.75) is 186 Å². The third-order valence-corrected chi connectivity index (χ3v) is 14.6. The van der Waals surface area contributed by atoms with E-state index in [9.17, 15) is 19.2 Å². The van der Waals surface area contributed by atoms with Crippen LogP contribution in [0, 0.1) is 0 Å². The predicted molar refractivity (Wildman–Crippen MR) is 344 cm³/mol. The van der Waals surface area contributed by atoms with E-state index in [0.29, 0.717) is 78.3 Å². The molecule has 0 aliphatic heterocycles. The highest BCUT2D eigenvalue weighted by molar-refractivity contribution is 5.89. The van der Waals surface area contributed by atoms with Crippen LogP contribution in [0.4, 0.5) is 0 Å². The van der Waals surface area contributed by atoms with Crippen LogP contribution in [-0.4, -0.2) is 75.7 Å². The fourth-order valence-electron chi connectivity index (χ4n) is 10.4. The maximum atomic E-state index is 12.1. The van der Waals surface area contributed by atoms with Crippen molar-refractivity contribution in [3.05, 3.63) is 162 Å². The van der Waals surface area contributed by atoms with Crippen molar-refractivity contribution in [3.63, 3.8) is 0 Å². The molecule has 0 radical (unpaired) electrons. The number of benzene rings is 4. The number of hydrogen-bond donors (Lipinski definition) is 4. The SMILES string of the molecule is CC(=O)/C=C(/C)NCCOc1c2cc(C(C)(C)C)cc1Cc1cc(C(C)(C)C)cc(c1OCCN/C(C)=C\C(C)=O)Cc1cc(C(C)(C)C)cc(c1OCCN/C(C)=C/C(C)=O)Cc1cc(C(C)(C)C)cc(c1OCCN/C(C)=C\C(C)=O)C2. The van der Waals surface area contributed by atoms with Gasteiger partial charge >= 0.3 is 0 Å². The largest absolute Gasteiger partial charge is 0.491 e. The summed E-state index contributed by atoms with van der Waals surface area (Å²) in [6, 6.07) is 18.5. The molecule has 0 saturated carbocycles. The fraction of sp³-hybridized carbons (Fsp3) is 0.500. The first kappa shape index (κ1) is 67.7. The third kappa shape index (κ3) is 20.6. The molecule has 4 aromatic rings. The molecule has 456 valence electrons. The Bertz CT molecular complexity index is 2650. The molecule has 8 bridgehead atoms. The topological polar surface area (TPSA) is 153 Å². The van der Waals surface area contributed by atoms with E-state index < -0.39 is 0 Å². The molecule has 1 aliphatic rings. The van der Waals surface area contributed by atoms with Gasteiger partial charge in [-0.25, -0.2) is 0 Å². The lowest BCUT2D eigenvalue weighted by Gasteiger charge is -2.29. The number of fused-ring (bicyclic) bond motifs is 8. The van der Waals surface area contributed by atoms with Gasteiger partial charge in [0.1, 0.15) is 49.4 Å². The van der Waals surface area contributed by atoms with Crippen LogP contribution in [0.2, 0.25) is 0 Å². The van der Waals surface area contributed by atoms with Crippen LogP contribution in [0.15, 0.2) is 95.6 Å². The minimum atomic E-state index is -0.260. The molecule has 12 heteroatoms. The quantitative estimate of drug-likeness (QED) is 0.0344. The molecule has 0 atom stereocenters. The summed E-state index contributed by atoms with van der Waals surface area (Å²) in [7, 11) is 0. The lowest BCUT2D eigenvalue weighted by atomic mass is 9.79. The Morgan fingerprint density at radius 1 is 0.321 bits per heavy atom. The van der Waals surface area contributed by atoms with Crippen LogP contribution in [0.3, 0.4) is 0 Å². The maximum Gasteiger partial charge on any atom is 0.154 e. The van der Waals surface area contributed by atoms with Gasteiger partial charge in [0.2, 0.25) is 0 Å². The van der Waals surface area contributed by atoms with Gasteiger partial charge in [-0.2, -0.15) is 0 Å². The van der Waals surface area contributed by atoms with Crippen LogP contribution in [0.5, 0.6) is 23.0 Å². The van der Waals surface area contributed by atoms with Gasteiger partial charge in [-0.15, -0.1) is 0 Å². The summed E-state index contributed by atoms with van der Waals surface area (Å²) in [5.74, 6) is 3.00. The molecule has 0 heterocycles. The first-order valence-electron chi connectivity index (χ1n) is 30.0. The van der Waals surface area contributed by atoms with Gasteiger partial charge in [0.05, 0.1) is 0 Å². The highest BCUT2D eigenvalue weighted by Gasteiger charge is 2.30. The summed E-state index contributed by atoms with van der Waals surface area (Å²) < 4.78 is 28.6. The third-order valence-electron chi connectivity index (χ3n) is 14.6. The number of carbonyl (C=O) groups is 4. The van der Waals surface area contributed by atoms with E-state index >= 15 is 0 Å². The molecule has 0 spiro atoms. The molecule has 0 fully saturated rings. The number of allylic oxidation sites excluding steroid dienone is 8. The summed E-state index contributed by atoms with van der Waals surface area (Å²) >= 11 is 0. The molecule has 1 aliphatic carbocycles. The first-order chi connectivity index (χ1) is 39.1. The highest BCUT2D eigenvalue weighted by Crippen LogP contribution is 2.44. The van der Waals surface area contributed by atoms with Gasteiger partial charge in [-0.3, -0.25) is 19.2 Å². The zero-order valence-electron chi connectivity index (χ0n) is 54.7. The van der Waals surface area contributed by atoms with Crippen molar-refractivity contribution in [1.29, 1.82) is 0 Å². The average Bonchev–Trinajstić information content (AvgIpc) is 3.02. The molecule has 12 nitrogen and oxygen atoms in total. The monoisotopic (exact) mass is 1150 g/mol. The first-order valence-corrected chi connectivity index (χ1v) is 30.0. The van der Waals surface area contributed by atoms with Crippen molar-refractivity contribution in [2.75, 3.05) is 52.6 Å². The molecule has 0 amide bonds. The summed E-state index contributed by atoms with van der Waals surface area (Å²) in [5, 5.41) is 13.6. The molecular weight excluding hydrogens is 1050 g/mol. The van der Waals surface area contributed by atoms with E-state index in [0.717, 1.165) is 113 Å². The minimum Gasteiger partial charge on any atom is -0.491 e. The maximum absolute atomic E-state index is 12.1. The number of rotatable bonds is 24. The fourth-order valence-corrected chi connectivity index (χ4v) is 10.4. The van der Waals surface area contributed by atoms with Gasteiger partial charge < -0.3 is 40.2 Å². The van der Waals surface area contributed by atoms with Gasteiger partial charge in [0.25, 0.3) is 0 Å². The number of nitrogens with one attached hydrogen (secondary N) is 4. The Labute approximate surface area is 504 Å². The van der Waals surface area contributed by atoms with Crippen molar-refractivity contribution >= 4 is 23.1 Å². The van der Waals surface area contributed by atoms with Gasteiger partial charge in [-0.05, 0) is 168 Å². The molecule has 4 N–H and O–H groups in total. The Balaban J connectivity index is 1.97. The van der Waals surface area contributed by atoms with Crippen molar-refractivity contribution in [1.82, 2.24) is 21.3 Å². The number of hydrogen-bond acceptors (Lipinski definition) is 12. The van der Waals surface area contributed by atoms with E-state index in [1.807, 2.05) is 27.7 Å². The lowest BCUT2D eigenvalue weighted by molar-refractivity contribution is -0.113. The molecule has 5 rings (SSSR count). The van der Waals surface area contributed by atoms with Gasteiger partial charge in [0, 0.05) is 74.7 Å². The van der Waals surface area contributed by atoms with Gasteiger partial charge in [0.15, 0.2) is 23.1 Å². The molecule has 0 unspecified atom stereocenters. The van der Waals surface area contributed by atoms with Crippen LogP contribution >= 0.6 is 0 Å². The van der Waals surface area contributed by atoms with Crippen LogP contribution in [0.1, 0.15) is 205 Å². The average molecular weight is 1150 g/mol. The second kappa shape index (κ2) is 29.1. The Hall–Kier alpha value is -7.08. The van der Waals surface area contributed by atoms with Gasteiger partial charge in [-0.1, -0.05) is 132 Å². The highest BCUT2D eigenvalue weighted by atomic mass is 16.5. The number of ether oxygens (including phenoxy) is 4. The summed E-state index contributed by atoms with van der Waals surface area (Å²) in [6.07, 6.45) is 8.28. The number of ketones is 4. The molecule has 84 heavy (non-hydrogen) atoms. The normalized spacial score (nSPS) is 13.7. The summed E-state index contributed by atoms with van der Waals surface area (Å²) in [5.41, 5.74) is 14.7.